The van der Waals surface area contributed by atoms with Crippen LogP contribution in [-0.4, -0.2) is 32.5 Å². The van der Waals surface area contributed by atoms with E-state index in [1.165, 1.54) is 11.1 Å². The minimum Gasteiger partial charge on any atom is -0.489 e. The zero-order valence-electron chi connectivity index (χ0n) is 18.7. The van der Waals surface area contributed by atoms with E-state index in [1.807, 2.05) is 30.5 Å². The SMILES string of the molecule is CC#C[C@@H](CC(=O)O)c1ccc(OCc2cccc(CN3CCc4ncncc4C3)c2)cc1. The predicted octanol–water partition coefficient (Wildman–Crippen LogP) is 4.20. The first-order valence-corrected chi connectivity index (χ1v) is 11.1. The van der Waals surface area contributed by atoms with Crippen LogP contribution in [0.4, 0.5) is 0 Å². The fraction of sp³-hybridized carbons (Fsp3) is 0.296. The zero-order chi connectivity index (χ0) is 23.0. The molecule has 6 nitrogen and oxygen atoms in total. The molecule has 0 saturated heterocycles. The van der Waals surface area contributed by atoms with Gasteiger partial charge in [0.25, 0.3) is 0 Å². The van der Waals surface area contributed by atoms with Crippen molar-refractivity contribution in [2.75, 3.05) is 6.54 Å². The Hall–Kier alpha value is -3.69. The second-order valence-electron chi connectivity index (χ2n) is 8.18. The molecule has 1 atom stereocenters. The van der Waals surface area contributed by atoms with Gasteiger partial charge in [-0.05, 0) is 35.7 Å². The van der Waals surface area contributed by atoms with E-state index < -0.39 is 5.97 Å². The van der Waals surface area contributed by atoms with Crippen LogP contribution in [0, 0.1) is 11.8 Å². The Balaban J connectivity index is 1.34. The molecule has 1 aliphatic rings. The van der Waals surface area contributed by atoms with Gasteiger partial charge in [-0.15, -0.1) is 5.92 Å². The molecule has 0 aliphatic carbocycles. The molecule has 168 valence electrons. The number of fused-ring (bicyclic) bond motifs is 1. The van der Waals surface area contributed by atoms with Crippen molar-refractivity contribution in [3.63, 3.8) is 0 Å². The van der Waals surface area contributed by atoms with Crippen LogP contribution in [0.1, 0.15) is 47.2 Å². The van der Waals surface area contributed by atoms with Gasteiger partial charge in [0.2, 0.25) is 0 Å². The normalized spacial score (nSPS) is 14.0. The molecule has 2 aromatic carbocycles. The highest BCUT2D eigenvalue weighted by Crippen LogP contribution is 2.23. The predicted molar refractivity (Wildman–Crippen MR) is 126 cm³/mol. The molecular formula is C27H27N3O3. The smallest absolute Gasteiger partial charge is 0.304 e. The largest absolute Gasteiger partial charge is 0.489 e. The second-order valence-corrected chi connectivity index (χ2v) is 8.18. The van der Waals surface area contributed by atoms with Crippen molar-refractivity contribution >= 4 is 5.97 Å². The fourth-order valence-corrected chi connectivity index (χ4v) is 4.10. The highest BCUT2D eigenvalue weighted by Gasteiger charge is 2.17. The third-order valence-corrected chi connectivity index (χ3v) is 5.72. The number of hydrogen-bond acceptors (Lipinski definition) is 5. The zero-order valence-corrected chi connectivity index (χ0v) is 18.7. The number of ether oxygens (including phenoxy) is 1. The summed E-state index contributed by atoms with van der Waals surface area (Å²) in [6.45, 7) is 4.92. The number of rotatable bonds is 8. The summed E-state index contributed by atoms with van der Waals surface area (Å²) >= 11 is 0. The summed E-state index contributed by atoms with van der Waals surface area (Å²) in [5.41, 5.74) is 5.61. The van der Waals surface area contributed by atoms with Crippen LogP contribution in [0.15, 0.2) is 61.1 Å². The minimum atomic E-state index is -0.856. The Kier molecular flexibility index (Phi) is 7.33. The van der Waals surface area contributed by atoms with Crippen LogP contribution in [0.3, 0.4) is 0 Å². The maximum atomic E-state index is 11.1. The first-order valence-electron chi connectivity index (χ1n) is 11.1. The molecule has 1 aliphatic heterocycles. The first kappa shape index (κ1) is 22.5. The number of hydrogen-bond donors (Lipinski definition) is 1. The average Bonchev–Trinajstić information content (AvgIpc) is 2.83. The molecule has 1 N–H and O–H groups in total. The van der Waals surface area contributed by atoms with E-state index in [1.54, 1.807) is 13.3 Å². The lowest BCUT2D eigenvalue weighted by Crippen LogP contribution is -2.30. The molecule has 3 aromatic rings. The summed E-state index contributed by atoms with van der Waals surface area (Å²) in [5.74, 6) is 5.36. The van der Waals surface area contributed by atoms with E-state index in [0.29, 0.717) is 6.61 Å². The summed E-state index contributed by atoms with van der Waals surface area (Å²) < 4.78 is 5.98. The van der Waals surface area contributed by atoms with E-state index in [9.17, 15) is 4.79 Å². The second kappa shape index (κ2) is 10.8. The fourth-order valence-electron chi connectivity index (χ4n) is 4.10. The lowest BCUT2D eigenvalue weighted by Gasteiger charge is -2.27. The first-order chi connectivity index (χ1) is 16.1. The van der Waals surface area contributed by atoms with Gasteiger partial charge in [-0.1, -0.05) is 42.3 Å². The number of aliphatic carboxylic acids is 1. The van der Waals surface area contributed by atoms with Gasteiger partial charge < -0.3 is 9.84 Å². The van der Waals surface area contributed by atoms with E-state index in [2.05, 4.69) is 51.0 Å². The van der Waals surface area contributed by atoms with Gasteiger partial charge in [0.15, 0.2) is 0 Å². The molecule has 0 bridgehead atoms. The number of nitrogens with zero attached hydrogens (tertiary/aromatic N) is 3. The standard InChI is InChI=1S/C27H27N3O3/c1-2-4-23(14-27(31)32)22-7-9-25(10-8-22)33-18-21-6-3-5-20(13-21)16-30-12-11-26-24(17-30)15-28-19-29-26/h3,5-10,13,15,19,23H,11-12,14,16-18H2,1H3,(H,31,32)/t23-/m0/s1. The molecule has 0 fully saturated rings. The molecule has 0 amide bonds. The van der Waals surface area contributed by atoms with Crippen molar-refractivity contribution in [1.29, 1.82) is 0 Å². The van der Waals surface area contributed by atoms with Crippen LogP contribution in [0.25, 0.3) is 0 Å². The van der Waals surface area contributed by atoms with Gasteiger partial charge in [-0.3, -0.25) is 9.69 Å². The Morgan fingerprint density at radius 2 is 2.03 bits per heavy atom. The Bertz CT molecular complexity index is 1160. The van der Waals surface area contributed by atoms with Crippen LogP contribution in [0.2, 0.25) is 0 Å². The van der Waals surface area contributed by atoms with Crippen LogP contribution >= 0.6 is 0 Å². The van der Waals surface area contributed by atoms with Gasteiger partial charge in [-0.25, -0.2) is 9.97 Å². The lowest BCUT2D eigenvalue weighted by molar-refractivity contribution is -0.137. The molecular weight excluding hydrogens is 414 g/mol. The molecule has 0 spiro atoms. The molecule has 33 heavy (non-hydrogen) atoms. The number of carboxylic acids is 1. The minimum absolute atomic E-state index is 0.0105. The van der Waals surface area contributed by atoms with Gasteiger partial charge in [0, 0.05) is 43.5 Å². The lowest BCUT2D eigenvalue weighted by atomic mass is 9.96. The van der Waals surface area contributed by atoms with Crippen molar-refractivity contribution in [1.82, 2.24) is 14.9 Å². The molecule has 6 heteroatoms. The van der Waals surface area contributed by atoms with Crippen molar-refractivity contribution < 1.29 is 14.6 Å². The molecule has 0 radical (unpaired) electrons. The molecule has 1 aromatic heterocycles. The summed E-state index contributed by atoms with van der Waals surface area (Å²) in [5, 5.41) is 9.11. The Labute approximate surface area is 194 Å². The number of carboxylic acid groups (broad SMARTS) is 1. The third kappa shape index (κ3) is 6.18. The number of benzene rings is 2. The van der Waals surface area contributed by atoms with Gasteiger partial charge >= 0.3 is 5.97 Å². The molecule has 0 unspecified atom stereocenters. The van der Waals surface area contributed by atoms with E-state index >= 15 is 0 Å². The van der Waals surface area contributed by atoms with Crippen LogP contribution in [-0.2, 0) is 30.9 Å². The average molecular weight is 442 g/mol. The summed E-state index contributed by atoms with van der Waals surface area (Å²) in [7, 11) is 0. The van der Waals surface area contributed by atoms with Crippen LogP contribution < -0.4 is 4.74 Å². The van der Waals surface area contributed by atoms with E-state index in [4.69, 9.17) is 9.84 Å². The summed E-state index contributed by atoms with van der Waals surface area (Å²) in [4.78, 5) is 22.0. The topological polar surface area (TPSA) is 75.6 Å². The van der Waals surface area contributed by atoms with Gasteiger partial charge in [0.1, 0.15) is 18.7 Å². The quantitative estimate of drug-likeness (QED) is 0.528. The van der Waals surface area contributed by atoms with Gasteiger partial charge in [-0.2, -0.15) is 0 Å². The van der Waals surface area contributed by atoms with Crippen LogP contribution in [0.5, 0.6) is 5.75 Å². The van der Waals surface area contributed by atoms with Crippen molar-refractivity contribution in [3.8, 4) is 17.6 Å². The third-order valence-electron chi connectivity index (χ3n) is 5.72. The number of aromatic nitrogens is 2. The van der Waals surface area contributed by atoms with Crippen molar-refractivity contribution in [2.45, 2.75) is 45.4 Å². The summed E-state index contributed by atoms with van der Waals surface area (Å²) in [6, 6.07) is 16.0. The summed E-state index contributed by atoms with van der Waals surface area (Å²) in [6.07, 6.45) is 4.49. The highest BCUT2D eigenvalue weighted by atomic mass is 16.5. The van der Waals surface area contributed by atoms with Crippen molar-refractivity contribution in [3.05, 3.63) is 89.0 Å². The van der Waals surface area contributed by atoms with E-state index in [-0.39, 0.29) is 12.3 Å². The van der Waals surface area contributed by atoms with Crippen molar-refractivity contribution in [2.24, 2.45) is 0 Å². The molecule has 4 rings (SSSR count). The van der Waals surface area contributed by atoms with Gasteiger partial charge in [0.05, 0.1) is 12.3 Å². The number of carbonyl (C=O) groups is 1. The maximum absolute atomic E-state index is 11.1. The molecule has 2 heterocycles. The molecule has 0 saturated carbocycles. The highest BCUT2D eigenvalue weighted by molar-refractivity contribution is 5.69. The Morgan fingerprint density at radius 1 is 1.21 bits per heavy atom. The Morgan fingerprint density at radius 3 is 2.82 bits per heavy atom. The van der Waals surface area contributed by atoms with E-state index in [0.717, 1.165) is 48.6 Å². The maximum Gasteiger partial charge on any atom is 0.304 e. The monoisotopic (exact) mass is 441 g/mol.